The molecule has 1 atom stereocenters. The molecule has 0 unspecified atom stereocenters. The molecule has 3 amide bonds. The van der Waals surface area contributed by atoms with E-state index in [9.17, 15) is 18.8 Å². The van der Waals surface area contributed by atoms with Crippen LogP contribution in [0.2, 0.25) is 0 Å². The highest BCUT2D eigenvalue weighted by Gasteiger charge is 2.28. The number of halogens is 1. The summed E-state index contributed by atoms with van der Waals surface area (Å²) in [4.78, 5) is 35.1. The second-order valence-corrected chi connectivity index (χ2v) is 6.07. The summed E-state index contributed by atoms with van der Waals surface area (Å²) in [6, 6.07) is 8.04. The molecule has 0 bridgehead atoms. The van der Waals surface area contributed by atoms with Gasteiger partial charge in [-0.05, 0) is 19.4 Å². The molecule has 0 aliphatic carbocycles. The Bertz CT molecular complexity index is 587. The third-order valence-electron chi connectivity index (χ3n) is 3.19. The quantitative estimate of drug-likeness (QED) is 0.656. The van der Waals surface area contributed by atoms with Crippen molar-refractivity contribution in [3.8, 4) is 0 Å². The molecule has 138 valence electrons. The molecule has 0 radical (unpaired) electrons. The zero-order chi connectivity index (χ0) is 18.9. The highest BCUT2D eigenvalue weighted by Crippen LogP contribution is 2.16. The number of carbonyl (C=O) groups is 3. The van der Waals surface area contributed by atoms with Gasteiger partial charge in [-0.15, -0.1) is 0 Å². The standard InChI is InChI=1S/C17H24FN3O4/c1-17(2,18)9-13(15(23)19-3)21-14(22)10-20-16(24)25-11-12-7-5-4-6-8-12/h4-8,13H,9-11H2,1-3H3,(H,19,23)(H,20,24)(H,21,22)/t13-/m0/s1. The molecule has 0 heterocycles. The SMILES string of the molecule is CNC(=O)[C@H](CC(C)(C)F)NC(=O)CNC(=O)OCc1ccccc1. The third kappa shape index (κ3) is 8.69. The summed E-state index contributed by atoms with van der Waals surface area (Å²) < 4.78 is 18.7. The number of ether oxygens (including phenoxy) is 1. The molecule has 0 saturated carbocycles. The molecule has 0 aliphatic rings. The summed E-state index contributed by atoms with van der Waals surface area (Å²) in [7, 11) is 1.39. The van der Waals surface area contributed by atoms with Crippen molar-refractivity contribution < 1.29 is 23.5 Å². The number of hydrogen-bond acceptors (Lipinski definition) is 4. The van der Waals surface area contributed by atoms with Crippen molar-refractivity contribution in [2.75, 3.05) is 13.6 Å². The molecule has 1 aromatic carbocycles. The van der Waals surface area contributed by atoms with Gasteiger partial charge in [0.15, 0.2) is 0 Å². The largest absolute Gasteiger partial charge is 0.445 e. The summed E-state index contributed by atoms with van der Waals surface area (Å²) in [6.07, 6.45) is -0.946. The first-order valence-electron chi connectivity index (χ1n) is 7.85. The van der Waals surface area contributed by atoms with Gasteiger partial charge in [-0.25, -0.2) is 9.18 Å². The van der Waals surface area contributed by atoms with Crippen molar-refractivity contribution in [2.45, 2.75) is 38.6 Å². The molecule has 1 rings (SSSR count). The van der Waals surface area contributed by atoms with Crippen LogP contribution in [-0.4, -0.2) is 43.2 Å². The van der Waals surface area contributed by atoms with Crippen LogP contribution in [0.5, 0.6) is 0 Å². The first-order chi connectivity index (χ1) is 11.7. The lowest BCUT2D eigenvalue weighted by atomic mass is 10.00. The zero-order valence-corrected chi connectivity index (χ0v) is 14.6. The Morgan fingerprint density at radius 1 is 1.20 bits per heavy atom. The predicted octanol–water partition coefficient (Wildman–Crippen LogP) is 1.28. The van der Waals surface area contributed by atoms with Crippen molar-refractivity contribution in [3.63, 3.8) is 0 Å². The average Bonchev–Trinajstić information content (AvgIpc) is 2.56. The van der Waals surface area contributed by atoms with E-state index in [1.54, 1.807) is 12.1 Å². The van der Waals surface area contributed by atoms with Crippen molar-refractivity contribution in [1.82, 2.24) is 16.0 Å². The smallest absolute Gasteiger partial charge is 0.407 e. The second kappa shape index (κ2) is 9.61. The summed E-state index contributed by atoms with van der Waals surface area (Å²) in [6.45, 7) is 2.32. The number of alkyl carbamates (subject to hydrolysis) is 1. The number of nitrogens with one attached hydrogen (secondary N) is 3. The van der Waals surface area contributed by atoms with E-state index in [4.69, 9.17) is 4.74 Å². The van der Waals surface area contributed by atoms with E-state index in [0.717, 1.165) is 5.56 Å². The van der Waals surface area contributed by atoms with Crippen LogP contribution in [0.4, 0.5) is 9.18 Å². The number of hydrogen-bond donors (Lipinski definition) is 3. The van der Waals surface area contributed by atoms with Gasteiger partial charge in [-0.2, -0.15) is 0 Å². The molecule has 0 aliphatic heterocycles. The molecule has 0 spiro atoms. The van der Waals surface area contributed by atoms with Crippen LogP contribution in [0.1, 0.15) is 25.8 Å². The molecular formula is C17H24FN3O4. The Balaban J connectivity index is 2.40. The van der Waals surface area contributed by atoms with Crippen LogP contribution in [0.25, 0.3) is 0 Å². The number of alkyl halides is 1. The maximum absolute atomic E-state index is 13.7. The molecule has 3 N–H and O–H groups in total. The molecule has 7 nitrogen and oxygen atoms in total. The minimum atomic E-state index is -1.63. The van der Waals surface area contributed by atoms with Crippen molar-refractivity contribution in [3.05, 3.63) is 35.9 Å². The molecule has 0 fully saturated rings. The Labute approximate surface area is 146 Å². The van der Waals surface area contributed by atoms with E-state index in [2.05, 4.69) is 16.0 Å². The molecule has 0 aromatic heterocycles. The summed E-state index contributed by atoms with van der Waals surface area (Å²) in [5.74, 6) is -1.12. The van der Waals surface area contributed by atoms with E-state index < -0.39 is 29.6 Å². The van der Waals surface area contributed by atoms with Gasteiger partial charge < -0.3 is 20.7 Å². The maximum Gasteiger partial charge on any atom is 0.407 e. The number of likely N-dealkylation sites (N-methyl/N-ethyl adjacent to an activating group) is 1. The topological polar surface area (TPSA) is 96.5 Å². The van der Waals surface area contributed by atoms with Crippen LogP contribution in [0.3, 0.4) is 0 Å². The average molecular weight is 353 g/mol. The molecule has 8 heteroatoms. The monoisotopic (exact) mass is 353 g/mol. The van der Waals surface area contributed by atoms with E-state index in [1.165, 1.54) is 20.9 Å². The summed E-state index contributed by atoms with van der Waals surface area (Å²) >= 11 is 0. The lowest BCUT2D eigenvalue weighted by Crippen LogP contribution is -2.50. The minimum Gasteiger partial charge on any atom is -0.445 e. The Hall–Kier alpha value is -2.64. The fourth-order valence-electron chi connectivity index (χ4n) is 2.04. The van der Waals surface area contributed by atoms with Crippen LogP contribution in [0.15, 0.2) is 30.3 Å². The van der Waals surface area contributed by atoms with Gasteiger partial charge in [0.2, 0.25) is 11.8 Å². The van der Waals surface area contributed by atoms with E-state index >= 15 is 0 Å². The van der Waals surface area contributed by atoms with Crippen molar-refractivity contribution in [1.29, 1.82) is 0 Å². The number of carbonyl (C=O) groups excluding carboxylic acids is 3. The molecule has 25 heavy (non-hydrogen) atoms. The van der Waals surface area contributed by atoms with Crippen LogP contribution >= 0.6 is 0 Å². The minimum absolute atomic E-state index is 0.0746. The summed E-state index contributed by atoms with van der Waals surface area (Å²) in [5.41, 5.74) is -0.820. The van der Waals surface area contributed by atoms with Gasteiger partial charge in [0.25, 0.3) is 0 Å². The number of rotatable bonds is 8. The lowest BCUT2D eigenvalue weighted by molar-refractivity contribution is -0.129. The van der Waals surface area contributed by atoms with Gasteiger partial charge in [0, 0.05) is 13.5 Å². The molecule has 1 aromatic rings. The van der Waals surface area contributed by atoms with E-state index in [0.29, 0.717) is 0 Å². The highest BCUT2D eigenvalue weighted by atomic mass is 19.1. The fraction of sp³-hybridized carbons (Fsp3) is 0.471. The van der Waals surface area contributed by atoms with Crippen LogP contribution in [-0.2, 0) is 20.9 Å². The van der Waals surface area contributed by atoms with E-state index in [-0.39, 0.29) is 19.6 Å². The second-order valence-electron chi connectivity index (χ2n) is 6.07. The van der Waals surface area contributed by atoms with Crippen molar-refractivity contribution >= 4 is 17.9 Å². The Morgan fingerprint density at radius 3 is 2.40 bits per heavy atom. The zero-order valence-electron chi connectivity index (χ0n) is 14.6. The molecular weight excluding hydrogens is 329 g/mol. The number of benzene rings is 1. The summed E-state index contributed by atoms with van der Waals surface area (Å²) in [5, 5.41) is 7.04. The fourth-order valence-corrected chi connectivity index (χ4v) is 2.04. The van der Waals surface area contributed by atoms with Gasteiger partial charge >= 0.3 is 6.09 Å². The number of amides is 3. The van der Waals surface area contributed by atoms with Gasteiger partial charge in [-0.3, -0.25) is 9.59 Å². The Kier molecular flexibility index (Phi) is 7.84. The van der Waals surface area contributed by atoms with Gasteiger partial charge in [0.05, 0.1) is 0 Å². The first kappa shape index (κ1) is 20.4. The predicted molar refractivity (Wildman–Crippen MR) is 90.4 cm³/mol. The van der Waals surface area contributed by atoms with Crippen LogP contribution in [0, 0.1) is 0 Å². The molecule has 0 saturated heterocycles. The van der Waals surface area contributed by atoms with Gasteiger partial charge in [0.1, 0.15) is 24.9 Å². The van der Waals surface area contributed by atoms with Crippen LogP contribution < -0.4 is 16.0 Å². The van der Waals surface area contributed by atoms with E-state index in [1.807, 2.05) is 18.2 Å². The first-order valence-corrected chi connectivity index (χ1v) is 7.85. The van der Waals surface area contributed by atoms with Gasteiger partial charge in [-0.1, -0.05) is 30.3 Å². The lowest BCUT2D eigenvalue weighted by Gasteiger charge is -2.23. The van der Waals surface area contributed by atoms with Crippen molar-refractivity contribution in [2.24, 2.45) is 0 Å². The Morgan fingerprint density at radius 2 is 1.84 bits per heavy atom. The maximum atomic E-state index is 13.7. The normalized spacial score (nSPS) is 12.0. The highest BCUT2D eigenvalue weighted by molar-refractivity contribution is 5.89. The third-order valence-corrected chi connectivity index (χ3v) is 3.19.